The first kappa shape index (κ1) is 15.5. The summed E-state index contributed by atoms with van der Waals surface area (Å²) in [5, 5.41) is 0. The largest absolute Gasteiger partial charge is 0.300 e. The van der Waals surface area contributed by atoms with Crippen LogP contribution in [-0.4, -0.2) is 24.0 Å². The van der Waals surface area contributed by atoms with Crippen LogP contribution in [0.1, 0.15) is 84.0 Å². The molecule has 6 unspecified atom stereocenters. The minimum Gasteiger partial charge on any atom is -0.300 e. The first-order chi connectivity index (χ1) is 10.8. The Morgan fingerprint density at radius 1 is 0.727 bits per heavy atom. The Hall–Kier alpha value is -0.0400. The lowest BCUT2D eigenvalue weighted by molar-refractivity contribution is -0.0295. The van der Waals surface area contributed by atoms with E-state index in [0.29, 0.717) is 0 Å². The molecular weight excluding hydrogens is 266 g/mol. The van der Waals surface area contributed by atoms with Gasteiger partial charge in [0.05, 0.1) is 0 Å². The molecule has 126 valence electrons. The van der Waals surface area contributed by atoms with Crippen molar-refractivity contribution in [1.82, 2.24) is 4.90 Å². The highest BCUT2D eigenvalue weighted by Gasteiger charge is 2.44. The van der Waals surface area contributed by atoms with Gasteiger partial charge >= 0.3 is 0 Å². The maximum absolute atomic E-state index is 2.99. The van der Waals surface area contributed by atoms with Gasteiger partial charge in [0.2, 0.25) is 0 Å². The number of hydrogen-bond acceptors (Lipinski definition) is 1. The highest BCUT2D eigenvalue weighted by molar-refractivity contribution is 4.96. The summed E-state index contributed by atoms with van der Waals surface area (Å²) in [6.07, 6.45) is 18.3. The number of piperidine rings is 1. The van der Waals surface area contributed by atoms with Gasteiger partial charge in [-0.3, -0.25) is 4.90 Å². The Labute approximate surface area is 138 Å². The Bertz CT molecular complexity index is 365. The van der Waals surface area contributed by atoms with Gasteiger partial charge in [-0.15, -0.1) is 0 Å². The molecule has 0 spiro atoms. The summed E-state index contributed by atoms with van der Waals surface area (Å²) in [4.78, 5) is 2.99. The summed E-state index contributed by atoms with van der Waals surface area (Å²) < 4.78 is 0. The van der Waals surface area contributed by atoms with E-state index in [1.807, 2.05) is 0 Å². The average Bonchev–Trinajstić information content (AvgIpc) is 2.57. The van der Waals surface area contributed by atoms with Gasteiger partial charge in [-0.1, -0.05) is 45.4 Å². The van der Waals surface area contributed by atoms with E-state index in [1.54, 1.807) is 25.7 Å². The lowest BCUT2D eigenvalue weighted by atomic mass is 9.61. The van der Waals surface area contributed by atoms with Crippen LogP contribution in [0.2, 0.25) is 0 Å². The Kier molecular flexibility index (Phi) is 4.81. The third kappa shape index (κ3) is 2.99. The van der Waals surface area contributed by atoms with E-state index in [1.165, 1.54) is 64.5 Å². The Morgan fingerprint density at radius 3 is 2.41 bits per heavy atom. The van der Waals surface area contributed by atoms with E-state index in [2.05, 4.69) is 11.8 Å². The highest BCUT2D eigenvalue weighted by Crippen LogP contribution is 2.48. The summed E-state index contributed by atoms with van der Waals surface area (Å²) in [7, 11) is 0. The fraction of sp³-hybridized carbons (Fsp3) is 1.00. The van der Waals surface area contributed by atoms with Gasteiger partial charge in [-0.2, -0.15) is 0 Å². The van der Waals surface area contributed by atoms with Gasteiger partial charge < -0.3 is 0 Å². The standard InChI is InChI=1S/C21H37N/c1-16-7-2-3-9-18(16)15-22-14-6-11-20-19-10-5-4-8-17(19)12-13-21(20)22/h16-21H,2-15H2,1H3. The van der Waals surface area contributed by atoms with Crippen molar-refractivity contribution in [2.24, 2.45) is 29.6 Å². The molecule has 1 heterocycles. The van der Waals surface area contributed by atoms with Crippen LogP contribution in [0.5, 0.6) is 0 Å². The second-order valence-electron chi connectivity index (χ2n) is 9.18. The van der Waals surface area contributed by atoms with Gasteiger partial charge in [-0.05, 0) is 74.7 Å². The lowest BCUT2D eigenvalue weighted by Gasteiger charge is -2.53. The summed E-state index contributed by atoms with van der Waals surface area (Å²) in [5.74, 6) is 5.30. The van der Waals surface area contributed by atoms with Crippen LogP contribution in [0, 0.1) is 29.6 Å². The molecule has 0 radical (unpaired) electrons. The number of fused-ring (bicyclic) bond motifs is 3. The summed E-state index contributed by atoms with van der Waals surface area (Å²) >= 11 is 0. The first-order valence-corrected chi connectivity index (χ1v) is 10.6. The van der Waals surface area contributed by atoms with Crippen LogP contribution in [0.3, 0.4) is 0 Å². The van der Waals surface area contributed by atoms with Crippen LogP contribution in [0.4, 0.5) is 0 Å². The van der Waals surface area contributed by atoms with Crippen molar-refractivity contribution in [3.8, 4) is 0 Å². The normalized spacial score (nSPS) is 46.8. The molecule has 3 aliphatic carbocycles. The van der Waals surface area contributed by atoms with Gasteiger partial charge in [-0.25, -0.2) is 0 Å². The van der Waals surface area contributed by atoms with E-state index in [-0.39, 0.29) is 0 Å². The highest BCUT2D eigenvalue weighted by atomic mass is 15.2. The second-order valence-corrected chi connectivity index (χ2v) is 9.18. The molecule has 3 saturated carbocycles. The fourth-order valence-corrected chi connectivity index (χ4v) is 6.79. The molecule has 0 aromatic carbocycles. The molecule has 1 heteroatoms. The van der Waals surface area contributed by atoms with Crippen molar-refractivity contribution in [3.05, 3.63) is 0 Å². The summed E-state index contributed by atoms with van der Waals surface area (Å²) in [5.41, 5.74) is 0. The minimum absolute atomic E-state index is 0.974. The molecule has 4 fully saturated rings. The number of likely N-dealkylation sites (tertiary alicyclic amines) is 1. The summed E-state index contributed by atoms with van der Waals surface area (Å²) in [6, 6.07) is 0.974. The van der Waals surface area contributed by atoms with E-state index in [0.717, 1.165) is 35.6 Å². The third-order valence-electron chi connectivity index (χ3n) is 8.06. The van der Waals surface area contributed by atoms with Gasteiger partial charge in [0.1, 0.15) is 0 Å². The van der Waals surface area contributed by atoms with E-state index in [9.17, 15) is 0 Å². The predicted octanol–water partition coefficient (Wildman–Crippen LogP) is 5.49. The number of hydrogen-bond donors (Lipinski definition) is 0. The topological polar surface area (TPSA) is 3.24 Å². The van der Waals surface area contributed by atoms with Crippen LogP contribution in [0.15, 0.2) is 0 Å². The maximum atomic E-state index is 2.99. The number of nitrogens with zero attached hydrogens (tertiary/aromatic N) is 1. The molecule has 0 bridgehead atoms. The fourth-order valence-electron chi connectivity index (χ4n) is 6.79. The van der Waals surface area contributed by atoms with Crippen molar-refractivity contribution in [3.63, 3.8) is 0 Å². The van der Waals surface area contributed by atoms with Crippen molar-refractivity contribution in [2.75, 3.05) is 13.1 Å². The lowest BCUT2D eigenvalue weighted by Crippen LogP contribution is -2.53. The molecule has 22 heavy (non-hydrogen) atoms. The van der Waals surface area contributed by atoms with E-state index < -0.39 is 0 Å². The molecule has 0 aromatic rings. The van der Waals surface area contributed by atoms with Gasteiger partial charge in [0, 0.05) is 12.6 Å². The van der Waals surface area contributed by atoms with E-state index >= 15 is 0 Å². The number of rotatable bonds is 2. The summed E-state index contributed by atoms with van der Waals surface area (Å²) in [6.45, 7) is 5.39. The van der Waals surface area contributed by atoms with Gasteiger partial charge in [0.15, 0.2) is 0 Å². The van der Waals surface area contributed by atoms with Crippen molar-refractivity contribution >= 4 is 0 Å². The molecule has 4 aliphatic rings. The van der Waals surface area contributed by atoms with Crippen LogP contribution < -0.4 is 0 Å². The van der Waals surface area contributed by atoms with E-state index in [4.69, 9.17) is 0 Å². The SMILES string of the molecule is CC1CCCCC1CN1CCCC2C3CCCCC3CCC21. The smallest absolute Gasteiger partial charge is 0.0126 e. The molecule has 1 nitrogen and oxygen atoms in total. The second kappa shape index (κ2) is 6.83. The Balaban J connectivity index is 1.43. The van der Waals surface area contributed by atoms with Crippen LogP contribution >= 0.6 is 0 Å². The molecule has 0 N–H and O–H groups in total. The molecule has 0 amide bonds. The maximum Gasteiger partial charge on any atom is 0.0126 e. The molecule has 0 aromatic heterocycles. The minimum atomic E-state index is 0.974. The average molecular weight is 304 g/mol. The van der Waals surface area contributed by atoms with Crippen molar-refractivity contribution in [1.29, 1.82) is 0 Å². The van der Waals surface area contributed by atoms with Gasteiger partial charge in [0.25, 0.3) is 0 Å². The van der Waals surface area contributed by atoms with Crippen molar-refractivity contribution < 1.29 is 0 Å². The molecular formula is C21H37N. The first-order valence-electron chi connectivity index (χ1n) is 10.6. The molecule has 4 rings (SSSR count). The predicted molar refractivity (Wildman–Crippen MR) is 93.9 cm³/mol. The zero-order chi connectivity index (χ0) is 14.9. The van der Waals surface area contributed by atoms with Crippen LogP contribution in [-0.2, 0) is 0 Å². The monoisotopic (exact) mass is 303 g/mol. The van der Waals surface area contributed by atoms with Crippen molar-refractivity contribution in [2.45, 2.75) is 90.0 Å². The molecule has 1 saturated heterocycles. The zero-order valence-corrected chi connectivity index (χ0v) is 14.8. The quantitative estimate of drug-likeness (QED) is 0.651. The Morgan fingerprint density at radius 2 is 1.50 bits per heavy atom. The van der Waals surface area contributed by atoms with Crippen LogP contribution in [0.25, 0.3) is 0 Å². The zero-order valence-electron chi connectivity index (χ0n) is 14.8. The molecule has 1 aliphatic heterocycles. The third-order valence-corrected chi connectivity index (χ3v) is 8.06. The molecule has 6 atom stereocenters.